The van der Waals surface area contributed by atoms with E-state index in [2.05, 4.69) is 5.32 Å². The minimum Gasteiger partial charge on any atom is -0.494 e. The van der Waals surface area contributed by atoms with E-state index in [1.165, 1.54) is 28.6 Å². The topological polar surface area (TPSA) is 75.7 Å². The third-order valence-corrected chi connectivity index (χ3v) is 6.95. The number of amides is 1. The minimum absolute atomic E-state index is 0.0513. The van der Waals surface area contributed by atoms with Crippen molar-refractivity contribution in [1.82, 2.24) is 4.31 Å². The fourth-order valence-electron chi connectivity index (χ4n) is 3.46. The van der Waals surface area contributed by atoms with Crippen LogP contribution in [-0.2, 0) is 21.0 Å². The molecule has 2 aromatic rings. The van der Waals surface area contributed by atoms with Crippen molar-refractivity contribution >= 4 is 21.6 Å². The summed E-state index contributed by atoms with van der Waals surface area (Å²) in [5.41, 5.74) is -1.70. The van der Waals surface area contributed by atoms with Crippen molar-refractivity contribution in [3.8, 4) is 5.75 Å². The molecule has 1 amide bonds. The summed E-state index contributed by atoms with van der Waals surface area (Å²) in [6.45, 7) is 2.34. The van der Waals surface area contributed by atoms with Gasteiger partial charge in [-0.25, -0.2) is 12.8 Å². The van der Waals surface area contributed by atoms with Crippen molar-refractivity contribution in [2.45, 2.75) is 30.8 Å². The highest BCUT2D eigenvalue weighted by molar-refractivity contribution is 7.89. The lowest BCUT2D eigenvalue weighted by Crippen LogP contribution is -2.43. The number of alkyl halides is 3. The zero-order valence-electron chi connectivity index (χ0n) is 17.2. The van der Waals surface area contributed by atoms with Gasteiger partial charge in [0.15, 0.2) is 0 Å². The zero-order chi connectivity index (χ0) is 23.5. The lowest BCUT2D eigenvalue weighted by Gasteiger charge is -2.31. The van der Waals surface area contributed by atoms with Gasteiger partial charge in [-0.15, -0.1) is 0 Å². The molecule has 6 nitrogen and oxygen atoms in total. The summed E-state index contributed by atoms with van der Waals surface area (Å²) in [5.74, 6) is -2.31. The standard InChI is InChI=1S/C21H22F4N2O4S/c1-2-31-16-6-8-17(9-7-16)32(29,30)27-11-3-4-14(13-27)20(28)26-15-5-10-19(22)18(12-15)21(23,24)25/h5-10,12,14H,2-4,11,13H2,1H3,(H,26,28)/t14-/m1/s1. The number of carbonyl (C=O) groups is 1. The van der Waals surface area contributed by atoms with Gasteiger partial charge < -0.3 is 10.1 Å². The second kappa shape index (κ2) is 9.45. The molecule has 1 N–H and O–H groups in total. The van der Waals surface area contributed by atoms with Gasteiger partial charge in [0.2, 0.25) is 15.9 Å². The van der Waals surface area contributed by atoms with E-state index in [0.717, 1.165) is 6.07 Å². The first-order valence-corrected chi connectivity index (χ1v) is 11.4. The Balaban J connectivity index is 1.72. The van der Waals surface area contributed by atoms with Crippen LogP contribution in [-0.4, -0.2) is 38.3 Å². The first-order chi connectivity index (χ1) is 15.0. The number of piperidine rings is 1. The summed E-state index contributed by atoms with van der Waals surface area (Å²) in [5, 5.41) is 2.34. The first-order valence-electron chi connectivity index (χ1n) is 9.93. The number of hydrogen-bond donors (Lipinski definition) is 1. The third-order valence-electron chi connectivity index (χ3n) is 5.07. The van der Waals surface area contributed by atoms with E-state index in [0.29, 0.717) is 37.3 Å². The molecule has 0 spiro atoms. The maximum atomic E-state index is 13.5. The quantitative estimate of drug-likeness (QED) is 0.634. The number of carbonyl (C=O) groups excluding carboxylic acids is 1. The Bertz CT molecular complexity index is 1070. The lowest BCUT2D eigenvalue weighted by molar-refractivity contribution is -0.140. The fourth-order valence-corrected chi connectivity index (χ4v) is 4.99. The molecular formula is C21H22F4N2O4S. The number of nitrogens with one attached hydrogen (secondary N) is 1. The number of halogens is 4. The molecule has 174 valence electrons. The van der Waals surface area contributed by atoms with E-state index in [-0.39, 0.29) is 23.7 Å². The van der Waals surface area contributed by atoms with Crippen LogP contribution < -0.4 is 10.1 Å². The van der Waals surface area contributed by atoms with Crippen molar-refractivity contribution < 1.29 is 35.5 Å². The third kappa shape index (κ3) is 5.39. The first kappa shape index (κ1) is 24.0. The fraction of sp³-hybridized carbons (Fsp3) is 0.381. The summed E-state index contributed by atoms with van der Waals surface area (Å²) in [7, 11) is -3.87. The molecule has 1 saturated heterocycles. The second-order valence-corrected chi connectivity index (χ2v) is 9.23. The van der Waals surface area contributed by atoms with Gasteiger partial charge in [0.05, 0.1) is 23.0 Å². The Morgan fingerprint density at radius 2 is 1.88 bits per heavy atom. The summed E-state index contributed by atoms with van der Waals surface area (Å²) in [6.07, 6.45) is -4.13. The summed E-state index contributed by atoms with van der Waals surface area (Å²) in [6, 6.07) is 8.09. The van der Waals surface area contributed by atoms with Gasteiger partial charge in [0.1, 0.15) is 11.6 Å². The van der Waals surface area contributed by atoms with Crippen LogP contribution in [0.1, 0.15) is 25.3 Å². The molecule has 0 bridgehead atoms. The largest absolute Gasteiger partial charge is 0.494 e. The van der Waals surface area contributed by atoms with Crippen LogP contribution in [0.5, 0.6) is 5.75 Å². The monoisotopic (exact) mass is 474 g/mol. The van der Waals surface area contributed by atoms with Crippen molar-refractivity contribution in [2.24, 2.45) is 5.92 Å². The van der Waals surface area contributed by atoms with Crippen LogP contribution in [0.15, 0.2) is 47.4 Å². The normalized spacial score (nSPS) is 17.7. The molecular weight excluding hydrogens is 452 g/mol. The molecule has 2 aromatic carbocycles. The molecule has 11 heteroatoms. The molecule has 32 heavy (non-hydrogen) atoms. The van der Waals surface area contributed by atoms with Crippen LogP contribution in [0.4, 0.5) is 23.2 Å². The SMILES string of the molecule is CCOc1ccc(S(=O)(=O)N2CCC[C@@H](C(=O)Nc3ccc(F)c(C(F)(F)F)c3)C2)cc1. The molecule has 0 saturated carbocycles. The molecule has 1 aliphatic heterocycles. The Kier molecular flexibility index (Phi) is 7.09. The van der Waals surface area contributed by atoms with Gasteiger partial charge >= 0.3 is 6.18 Å². The Morgan fingerprint density at radius 1 is 1.19 bits per heavy atom. The number of sulfonamides is 1. The van der Waals surface area contributed by atoms with E-state index in [4.69, 9.17) is 4.74 Å². The number of benzene rings is 2. The number of rotatable bonds is 6. The molecule has 1 fully saturated rings. The number of ether oxygens (including phenoxy) is 1. The Hall–Kier alpha value is -2.66. The number of hydrogen-bond acceptors (Lipinski definition) is 4. The van der Waals surface area contributed by atoms with Crippen LogP contribution in [0.25, 0.3) is 0 Å². The highest BCUT2D eigenvalue weighted by Gasteiger charge is 2.36. The number of anilines is 1. The second-order valence-electron chi connectivity index (χ2n) is 7.29. The summed E-state index contributed by atoms with van der Waals surface area (Å²) >= 11 is 0. The maximum Gasteiger partial charge on any atom is 0.419 e. The van der Waals surface area contributed by atoms with Gasteiger partial charge in [-0.05, 0) is 62.2 Å². The van der Waals surface area contributed by atoms with E-state index >= 15 is 0 Å². The molecule has 0 unspecified atom stereocenters. The van der Waals surface area contributed by atoms with Gasteiger partial charge in [0.25, 0.3) is 0 Å². The summed E-state index contributed by atoms with van der Waals surface area (Å²) < 4.78 is 84.6. The smallest absolute Gasteiger partial charge is 0.419 e. The van der Waals surface area contributed by atoms with Crippen molar-refractivity contribution in [3.05, 3.63) is 53.8 Å². The highest BCUT2D eigenvalue weighted by Crippen LogP contribution is 2.33. The maximum absolute atomic E-state index is 13.5. The molecule has 1 atom stereocenters. The molecule has 0 aromatic heterocycles. The van der Waals surface area contributed by atoms with Gasteiger partial charge in [0, 0.05) is 18.8 Å². The lowest BCUT2D eigenvalue weighted by atomic mass is 9.98. The average molecular weight is 474 g/mol. The molecule has 3 rings (SSSR count). The molecule has 1 heterocycles. The van der Waals surface area contributed by atoms with Gasteiger partial charge in [-0.2, -0.15) is 17.5 Å². The van der Waals surface area contributed by atoms with Gasteiger partial charge in [-0.3, -0.25) is 4.79 Å². The van der Waals surface area contributed by atoms with Gasteiger partial charge in [-0.1, -0.05) is 0 Å². The van der Waals surface area contributed by atoms with E-state index in [1.807, 2.05) is 0 Å². The van der Waals surface area contributed by atoms with E-state index < -0.39 is 39.4 Å². The van der Waals surface area contributed by atoms with Crippen molar-refractivity contribution in [1.29, 1.82) is 0 Å². The van der Waals surface area contributed by atoms with Crippen LogP contribution in [0, 0.1) is 11.7 Å². The minimum atomic E-state index is -4.90. The Morgan fingerprint density at radius 3 is 2.50 bits per heavy atom. The molecule has 1 aliphatic rings. The Labute approximate surface area is 183 Å². The zero-order valence-corrected chi connectivity index (χ0v) is 18.0. The summed E-state index contributed by atoms with van der Waals surface area (Å²) in [4.78, 5) is 12.7. The van der Waals surface area contributed by atoms with E-state index in [9.17, 15) is 30.8 Å². The average Bonchev–Trinajstić information content (AvgIpc) is 2.75. The highest BCUT2D eigenvalue weighted by atomic mass is 32.2. The van der Waals surface area contributed by atoms with E-state index in [1.54, 1.807) is 6.92 Å². The molecule has 0 radical (unpaired) electrons. The van der Waals surface area contributed by atoms with Crippen LogP contribution in [0.3, 0.4) is 0 Å². The van der Waals surface area contributed by atoms with Crippen LogP contribution in [0.2, 0.25) is 0 Å². The predicted molar refractivity (Wildman–Crippen MR) is 109 cm³/mol. The van der Waals surface area contributed by atoms with Crippen molar-refractivity contribution in [2.75, 3.05) is 25.0 Å². The predicted octanol–water partition coefficient (Wildman–Crippen LogP) is 4.28. The van der Waals surface area contributed by atoms with Crippen LogP contribution >= 0.6 is 0 Å². The molecule has 0 aliphatic carbocycles. The number of nitrogens with zero attached hydrogens (tertiary/aromatic N) is 1. The van der Waals surface area contributed by atoms with Crippen molar-refractivity contribution in [3.63, 3.8) is 0 Å².